The molecule has 0 fully saturated rings. The van der Waals surface area contributed by atoms with Gasteiger partial charge in [-0.25, -0.2) is 0 Å². The van der Waals surface area contributed by atoms with Crippen LogP contribution in [0.4, 0.5) is 11.4 Å². The molecule has 5 heteroatoms. The number of hydrogen-bond acceptors (Lipinski definition) is 3. The SMILES string of the molecule is CC(=O)Nc1cc(NCc2cc(C#N)n(C)c2)ccc1C. The third-order valence-corrected chi connectivity index (χ3v) is 3.22. The molecule has 2 aromatic rings. The zero-order valence-electron chi connectivity index (χ0n) is 12.4. The summed E-state index contributed by atoms with van der Waals surface area (Å²) in [7, 11) is 1.85. The first-order chi connectivity index (χ1) is 9.99. The van der Waals surface area contributed by atoms with Crippen LogP contribution in [0.1, 0.15) is 23.7 Å². The number of carbonyl (C=O) groups excluding carboxylic acids is 1. The van der Waals surface area contributed by atoms with Crippen molar-refractivity contribution in [3.05, 3.63) is 47.3 Å². The number of amides is 1. The monoisotopic (exact) mass is 282 g/mol. The molecule has 1 aromatic carbocycles. The average Bonchev–Trinajstić information content (AvgIpc) is 2.79. The van der Waals surface area contributed by atoms with E-state index < -0.39 is 0 Å². The number of aromatic nitrogens is 1. The Kier molecular flexibility index (Phi) is 4.29. The summed E-state index contributed by atoms with van der Waals surface area (Å²) in [5.74, 6) is -0.0861. The summed E-state index contributed by atoms with van der Waals surface area (Å²) in [6.45, 7) is 4.07. The first-order valence-electron chi connectivity index (χ1n) is 6.67. The second-order valence-electron chi connectivity index (χ2n) is 5.02. The lowest BCUT2D eigenvalue weighted by molar-refractivity contribution is -0.114. The third-order valence-electron chi connectivity index (χ3n) is 3.22. The number of rotatable bonds is 4. The molecule has 0 aliphatic carbocycles. The Bertz CT molecular complexity index is 710. The summed E-state index contributed by atoms with van der Waals surface area (Å²) in [6, 6.07) is 9.83. The number of aryl methyl sites for hydroxylation is 2. The molecule has 0 saturated heterocycles. The third kappa shape index (κ3) is 3.63. The van der Waals surface area contributed by atoms with Crippen molar-refractivity contribution >= 4 is 17.3 Å². The second-order valence-corrected chi connectivity index (χ2v) is 5.02. The number of nitriles is 1. The molecule has 0 aliphatic rings. The maximum absolute atomic E-state index is 11.2. The van der Waals surface area contributed by atoms with Crippen molar-refractivity contribution in [2.75, 3.05) is 10.6 Å². The summed E-state index contributed by atoms with van der Waals surface area (Å²) < 4.78 is 1.80. The van der Waals surface area contributed by atoms with E-state index in [1.54, 1.807) is 4.57 Å². The number of anilines is 2. The Morgan fingerprint density at radius 3 is 2.76 bits per heavy atom. The van der Waals surface area contributed by atoms with Gasteiger partial charge in [0.2, 0.25) is 5.91 Å². The normalized spacial score (nSPS) is 10.0. The molecule has 21 heavy (non-hydrogen) atoms. The van der Waals surface area contributed by atoms with Gasteiger partial charge in [-0.1, -0.05) is 6.07 Å². The smallest absolute Gasteiger partial charge is 0.221 e. The molecule has 0 aliphatic heterocycles. The molecule has 0 radical (unpaired) electrons. The molecule has 1 amide bonds. The van der Waals surface area contributed by atoms with Gasteiger partial charge >= 0.3 is 0 Å². The lowest BCUT2D eigenvalue weighted by Crippen LogP contribution is -2.08. The largest absolute Gasteiger partial charge is 0.381 e. The van der Waals surface area contributed by atoms with Crippen LogP contribution in [0.25, 0.3) is 0 Å². The van der Waals surface area contributed by atoms with E-state index in [2.05, 4.69) is 16.7 Å². The van der Waals surface area contributed by atoms with Crippen LogP contribution in [0.2, 0.25) is 0 Å². The van der Waals surface area contributed by atoms with Gasteiger partial charge in [0.05, 0.1) is 0 Å². The Balaban J connectivity index is 2.09. The van der Waals surface area contributed by atoms with Crippen molar-refractivity contribution in [2.45, 2.75) is 20.4 Å². The molecule has 1 aromatic heterocycles. The highest BCUT2D eigenvalue weighted by Gasteiger charge is 2.04. The quantitative estimate of drug-likeness (QED) is 0.906. The second kappa shape index (κ2) is 6.14. The molecule has 0 saturated carbocycles. The predicted octanol–water partition coefficient (Wildman–Crippen LogP) is 2.78. The number of nitrogens with zero attached hydrogens (tertiary/aromatic N) is 2. The van der Waals surface area contributed by atoms with Crippen molar-refractivity contribution in [2.24, 2.45) is 7.05 Å². The van der Waals surface area contributed by atoms with E-state index in [1.165, 1.54) is 6.92 Å². The molecular weight excluding hydrogens is 264 g/mol. The molecule has 0 unspecified atom stereocenters. The topological polar surface area (TPSA) is 69.8 Å². The molecule has 0 spiro atoms. The van der Waals surface area contributed by atoms with Crippen molar-refractivity contribution in [1.82, 2.24) is 4.57 Å². The minimum atomic E-state index is -0.0861. The zero-order chi connectivity index (χ0) is 15.4. The summed E-state index contributed by atoms with van der Waals surface area (Å²) in [5.41, 5.74) is 4.41. The molecular formula is C16H18N4O. The van der Waals surface area contributed by atoms with E-state index >= 15 is 0 Å². The highest BCUT2D eigenvalue weighted by molar-refractivity contribution is 5.90. The van der Waals surface area contributed by atoms with Gasteiger partial charge in [-0.3, -0.25) is 4.79 Å². The van der Waals surface area contributed by atoms with Gasteiger partial charge in [0.25, 0.3) is 0 Å². The zero-order valence-corrected chi connectivity index (χ0v) is 12.4. The van der Waals surface area contributed by atoms with Crippen molar-refractivity contribution in [3.63, 3.8) is 0 Å². The highest BCUT2D eigenvalue weighted by atomic mass is 16.1. The van der Waals surface area contributed by atoms with E-state index in [4.69, 9.17) is 5.26 Å². The van der Waals surface area contributed by atoms with Gasteiger partial charge in [0.1, 0.15) is 11.8 Å². The standard InChI is InChI=1S/C16H18N4O/c1-11-4-5-14(7-16(11)19-12(2)21)18-9-13-6-15(8-17)20(3)10-13/h4-7,10,18H,9H2,1-3H3,(H,19,21). The maximum Gasteiger partial charge on any atom is 0.221 e. The minimum absolute atomic E-state index is 0.0861. The molecule has 0 bridgehead atoms. The van der Waals surface area contributed by atoms with Gasteiger partial charge in [-0.15, -0.1) is 0 Å². The van der Waals surface area contributed by atoms with Crippen molar-refractivity contribution in [3.8, 4) is 6.07 Å². The first-order valence-corrected chi connectivity index (χ1v) is 6.67. The fourth-order valence-corrected chi connectivity index (χ4v) is 2.10. The number of carbonyl (C=O) groups is 1. The van der Waals surface area contributed by atoms with Crippen LogP contribution >= 0.6 is 0 Å². The van der Waals surface area contributed by atoms with E-state index in [-0.39, 0.29) is 5.91 Å². The summed E-state index contributed by atoms with van der Waals surface area (Å²) in [5, 5.41) is 15.0. The lowest BCUT2D eigenvalue weighted by Gasteiger charge is -2.10. The van der Waals surface area contributed by atoms with E-state index in [0.717, 1.165) is 22.5 Å². The van der Waals surface area contributed by atoms with E-state index in [9.17, 15) is 4.79 Å². The predicted molar refractivity (Wildman–Crippen MR) is 82.9 cm³/mol. The van der Waals surface area contributed by atoms with E-state index in [0.29, 0.717) is 12.2 Å². The van der Waals surface area contributed by atoms with Gasteiger partial charge in [-0.2, -0.15) is 5.26 Å². The Labute approximate surface area is 124 Å². The molecule has 0 atom stereocenters. The molecule has 2 N–H and O–H groups in total. The summed E-state index contributed by atoms with van der Waals surface area (Å²) in [6.07, 6.45) is 1.93. The fraction of sp³-hybridized carbons (Fsp3) is 0.250. The lowest BCUT2D eigenvalue weighted by atomic mass is 10.1. The molecule has 5 nitrogen and oxygen atoms in total. The van der Waals surface area contributed by atoms with Crippen molar-refractivity contribution in [1.29, 1.82) is 5.26 Å². The number of nitrogens with one attached hydrogen (secondary N) is 2. The van der Waals surface area contributed by atoms with Gasteiger partial charge in [0.15, 0.2) is 0 Å². The number of benzene rings is 1. The Morgan fingerprint density at radius 1 is 1.38 bits per heavy atom. The average molecular weight is 282 g/mol. The highest BCUT2D eigenvalue weighted by Crippen LogP contribution is 2.21. The fourth-order valence-electron chi connectivity index (χ4n) is 2.10. The summed E-state index contributed by atoms with van der Waals surface area (Å²) >= 11 is 0. The summed E-state index contributed by atoms with van der Waals surface area (Å²) in [4.78, 5) is 11.2. The van der Waals surface area contributed by atoms with Crippen LogP contribution in [0, 0.1) is 18.3 Å². The Morgan fingerprint density at radius 2 is 2.14 bits per heavy atom. The number of hydrogen-bond donors (Lipinski definition) is 2. The maximum atomic E-state index is 11.2. The minimum Gasteiger partial charge on any atom is -0.381 e. The van der Waals surface area contributed by atoms with Crippen LogP contribution in [0.5, 0.6) is 0 Å². The van der Waals surface area contributed by atoms with Crippen LogP contribution in [0.3, 0.4) is 0 Å². The molecule has 2 rings (SSSR count). The van der Waals surface area contributed by atoms with Crippen LogP contribution in [0.15, 0.2) is 30.5 Å². The Hall–Kier alpha value is -2.74. The van der Waals surface area contributed by atoms with Crippen LogP contribution < -0.4 is 10.6 Å². The van der Waals surface area contributed by atoms with Gasteiger partial charge in [0, 0.05) is 38.1 Å². The van der Waals surface area contributed by atoms with Crippen LogP contribution in [-0.2, 0) is 18.4 Å². The molecule has 1 heterocycles. The first kappa shape index (κ1) is 14.7. The van der Waals surface area contributed by atoms with Crippen LogP contribution in [-0.4, -0.2) is 10.5 Å². The molecule has 108 valence electrons. The van der Waals surface area contributed by atoms with Crippen molar-refractivity contribution < 1.29 is 4.79 Å². The van der Waals surface area contributed by atoms with Gasteiger partial charge in [-0.05, 0) is 36.2 Å². The van der Waals surface area contributed by atoms with E-state index in [1.807, 2.05) is 44.4 Å². The van der Waals surface area contributed by atoms with Gasteiger partial charge < -0.3 is 15.2 Å².